The number of aromatic amines is 1. The monoisotopic (exact) mass is 506 g/mol. The van der Waals surface area contributed by atoms with Crippen molar-refractivity contribution in [1.82, 2.24) is 29.9 Å². The summed E-state index contributed by atoms with van der Waals surface area (Å²) in [5.41, 5.74) is 3.75. The Labute approximate surface area is 209 Å². The first-order chi connectivity index (χ1) is 17.4. The van der Waals surface area contributed by atoms with Gasteiger partial charge >= 0.3 is 0 Å². The molecule has 36 heavy (non-hydrogen) atoms. The van der Waals surface area contributed by atoms with Crippen molar-refractivity contribution in [3.8, 4) is 0 Å². The molecule has 0 aliphatic heterocycles. The summed E-state index contributed by atoms with van der Waals surface area (Å²) >= 11 is 1.36. The van der Waals surface area contributed by atoms with Crippen molar-refractivity contribution in [2.45, 2.75) is 48.6 Å². The number of carbonyl (C=O) groups excluding carboxylic acids is 1. The van der Waals surface area contributed by atoms with Crippen molar-refractivity contribution in [2.24, 2.45) is 7.05 Å². The van der Waals surface area contributed by atoms with E-state index in [1.165, 1.54) is 24.0 Å². The minimum absolute atomic E-state index is 0.0846. The van der Waals surface area contributed by atoms with Crippen molar-refractivity contribution < 1.29 is 13.6 Å². The fraction of sp³-hybridized carbons (Fsp3) is 0.269. The van der Waals surface area contributed by atoms with Crippen LogP contribution in [0, 0.1) is 6.92 Å². The van der Waals surface area contributed by atoms with Crippen LogP contribution in [0.25, 0.3) is 21.8 Å². The Kier molecular flexibility index (Phi) is 5.55. The van der Waals surface area contributed by atoms with E-state index in [9.17, 15) is 13.6 Å². The van der Waals surface area contributed by atoms with Gasteiger partial charge in [0.05, 0.1) is 29.5 Å². The Bertz CT molecular complexity index is 1610. The van der Waals surface area contributed by atoms with Gasteiger partial charge in [0.15, 0.2) is 0 Å². The van der Waals surface area contributed by atoms with Gasteiger partial charge in [-0.15, -0.1) is 0 Å². The van der Waals surface area contributed by atoms with Gasteiger partial charge in [-0.2, -0.15) is 10.2 Å². The number of aromatic nitrogens is 5. The number of benzene rings is 2. The number of nitrogens with one attached hydrogen (secondary N) is 2. The molecule has 0 saturated heterocycles. The zero-order valence-corrected chi connectivity index (χ0v) is 20.6. The molecule has 0 unspecified atom stereocenters. The summed E-state index contributed by atoms with van der Waals surface area (Å²) in [6, 6.07) is 11.6. The fourth-order valence-corrected chi connectivity index (χ4v) is 5.67. The number of fused-ring (bicyclic) bond motifs is 2. The van der Waals surface area contributed by atoms with Crippen molar-refractivity contribution >= 4 is 39.5 Å². The third kappa shape index (κ3) is 3.95. The van der Waals surface area contributed by atoms with Crippen LogP contribution in [-0.2, 0) is 13.6 Å². The van der Waals surface area contributed by atoms with Gasteiger partial charge in [-0.05, 0) is 43.5 Å². The largest absolute Gasteiger partial charge is 0.347 e. The second-order valence-electron chi connectivity index (χ2n) is 9.15. The number of para-hydroxylation sites is 1. The molecule has 184 valence electrons. The molecule has 0 radical (unpaired) electrons. The highest BCUT2D eigenvalue weighted by Crippen LogP contribution is 2.38. The van der Waals surface area contributed by atoms with Crippen LogP contribution in [0.2, 0.25) is 0 Å². The Hall–Kier alpha value is -3.66. The number of H-pyrrole nitrogens is 1. The van der Waals surface area contributed by atoms with E-state index < -0.39 is 6.43 Å². The molecule has 5 aromatic rings. The summed E-state index contributed by atoms with van der Waals surface area (Å²) in [6.45, 7) is 2.30. The quantitative estimate of drug-likeness (QED) is 0.287. The van der Waals surface area contributed by atoms with E-state index in [1.54, 1.807) is 0 Å². The van der Waals surface area contributed by atoms with E-state index in [1.807, 2.05) is 55.1 Å². The van der Waals surface area contributed by atoms with E-state index in [0.29, 0.717) is 34.1 Å². The van der Waals surface area contributed by atoms with E-state index in [4.69, 9.17) is 0 Å². The summed E-state index contributed by atoms with van der Waals surface area (Å²) in [6.07, 6.45) is 3.06. The zero-order valence-electron chi connectivity index (χ0n) is 19.8. The second kappa shape index (κ2) is 8.77. The fourth-order valence-electron chi connectivity index (χ4n) is 4.59. The maximum absolute atomic E-state index is 13.6. The van der Waals surface area contributed by atoms with Crippen molar-refractivity contribution in [3.63, 3.8) is 0 Å². The maximum Gasteiger partial charge on any atom is 0.268 e. The molecular formula is C26H24F2N6OS. The second-order valence-corrected chi connectivity index (χ2v) is 10.3. The molecule has 2 aromatic carbocycles. The van der Waals surface area contributed by atoms with E-state index in [0.717, 1.165) is 39.9 Å². The molecule has 1 fully saturated rings. The minimum Gasteiger partial charge on any atom is -0.347 e. The van der Waals surface area contributed by atoms with Gasteiger partial charge in [0, 0.05) is 45.4 Å². The SMILES string of the molecule is Cc1c(Sc2cc(C(F)F)c3[nH]ncc3c2)cc(C(=O)NCc2cccc3cnn(C4CC4)c23)n1C. The summed E-state index contributed by atoms with van der Waals surface area (Å²) in [7, 11) is 1.83. The van der Waals surface area contributed by atoms with Crippen LogP contribution in [0.5, 0.6) is 0 Å². The van der Waals surface area contributed by atoms with E-state index >= 15 is 0 Å². The summed E-state index contributed by atoms with van der Waals surface area (Å²) in [4.78, 5) is 14.7. The Morgan fingerprint density at radius 2 is 2.06 bits per heavy atom. The highest BCUT2D eigenvalue weighted by molar-refractivity contribution is 7.99. The van der Waals surface area contributed by atoms with Crippen LogP contribution in [0.4, 0.5) is 8.78 Å². The number of nitrogens with zero attached hydrogens (tertiary/aromatic N) is 4. The maximum atomic E-state index is 13.6. The molecule has 1 aliphatic carbocycles. The number of alkyl halides is 2. The standard InChI is InChI=1S/C26H24F2N6OS/c1-14-22(36-19-8-17-12-30-32-23(17)20(9-19)25(27)28)10-21(33(14)2)26(35)29-11-15-4-3-5-16-13-31-34(24(15)16)18-6-7-18/h3-5,8-10,12-13,18,25H,6-7,11H2,1-2H3,(H,29,35)(H,30,32). The Morgan fingerprint density at radius 1 is 1.22 bits per heavy atom. The summed E-state index contributed by atoms with van der Waals surface area (Å²) in [5.74, 6) is -0.194. The zero-order chi connectivity index (χ0) is 25.0. The average molecular weight is 507 g/mol. The predicted octanol–water partition coefficient (Wildman–Crippen LogP) is 5.91. The lowest BCUT2D eigenvalue weighted by atomic mass is 10.1. The number of rotatable bonds is 7. The molecule has 3 heterocycles. The lowest BCUT2D eigenvalue weighted by Crippen LogP contribution is -2.25. The van der Waals surface area contributed by atoms with Crippen LogP contribution in [0.15, 0.2) is 58.6 Å². The molecule has 10 heteroatoms. The molecule has 2 N–H and O–H groups in total. The van der Waals surface area contributed by atoms with Crippen LogP contribution in [0.3, 0.4) is 0 Å². The van der Waals surface area contributed by atoms with Crippen molar-refractivity contribution in [2.75, 3.05) is 0 Å². The first kappa shape index (κ1) is 22.8. The highest BCUT2D eigenvalue weighted by atomic mass is 32.2. The van der Waals surface area contributed by atoms with E-state index in [-0.39, 0.29) is 11.5 Å². The third-order valence-electron chi connectivity index (χ3n) is 6.77. The molecule has 3 aromatic heterocycles. The van der Waals surface area contributed by atoms with Gasteiger partial charge < -0.3 is 9.88 Å². The molecule has 6 rings (SSSR count). The average Bonchev–Trinajstić information content (AvgIpc) is 3.32. The smallest absolute Gasteiger partial charge is 0.268 e. The van der Waals surface area contributed by atoms with Gasteiger partial charge in [0.1, 0.15) is 5.69 Å². The molecular weight excluding hydrogens is 482 g/mol. The molecule has 1 amide bonds. The molecule has 1 saturated carbocycles. The Balaban J connectivity index is 1.24. The van der Waals surface area contributed by atoms with Crippen LogP contribution in [0.1, 0.15) is 52.6 Å². The lowest BCUT2D eigenvalue weighted by Gasteiger charge is -2.10. The minimum atomic E-state index is -2.62. The molecule has 1 aliphatic rings. The Morgan fingerprint density at radius 3 is 2.83 bits per heavy atom. The van der Waals surface area contributed by atoms with Gasteiger partial charge in [0.25, 0.3) is 12.3 Å². The first-order valence-corrected chi connectivity index (χ1v) is 12.5. The normalized spacial score (nSPS) is 13.8. The molecule has 0 bridgehead atoms. The molecule has 0 atom stereocenters. The number of carbonyl (C=O) groups is 1. The van der Waals surface area contributed by atoms with Crippen LogP contribution in [-0.4, -0.2) is 30.5 Å². The summed E-state index contributed by atoms with van der Waals surface area (Å²) < 4.78 is 31.1. The topological polar surface area (TPSA) is 80.5 Å². The number of amides is 1. The number of hydrogen-bond acceptors (Lipinski definition) is 4. The van der Waals surface area contributed by atoms with Crippen molar-refractivity contribution in [1.29, 1.82) is 0 Å². The van der Waals surface area contributed by atoms with Crippen LogP contribution >= 0.6 is 11.8 Å². The lowest BCUT2D eigenvalue weighted by molar-refractivity contribution is 0.0942. The van der Waals surface area contributed by atoms with Crippen molar-refractivity contribution in [3.05, 3.63) is 71.3 Å². The van der Waals surface area contributed by atoms with Crippen LogP contribution < -0.4 is 5.32 Å². The first-order valence-electron chi connectivity index (χ1n) is 11.7. The summed E-state index contributed by atoms with van der Waals surface area (Å²) in [5, 5.41) is 15.8. The van der Waals surface area contributed by atoms with Gasteiger partial charge in [0.2, 0.25) is 0 Å². The van der Waals surface area contributed by atoms with Gasteiger partial charge in [-0.1, -0.05) is 30.0 Å². The molecule has 0 spiro atoms. The number of hydrogen-bond donors (Lipinski definition) is 2. The number of halogens is 2. The van der Waals surface area contributed by atoms with E-state index in [2.05, 4.69) is 25.3 Å². The van der Waals surface area contributed by atoms with Gasteiger partial charge in [-0.25, -0.2) is 8.78 Å². The third-order valence-corrected chi connectivity index (χ3v) is 7.88. The highest BCUT2D eigenvalue weighted by Gasteiger charge is 2.27. The van der Waals surface area contributed by atoms with Gasteiger partial charge in [-0.3, -0.25) is 14.6 Å². The predicted molar refractivity (Wildman–Crippen MR) is 134 cm³/mol. The molecule has 7 nitrogen and oxygen atoms in total.